The third-order valence-corrected chi connectivity index (χ3v) is 8.44. The molecule has 1 unspecified atom stereocenters. The molecule has 190 valence electrons. The van der Waals surface area contributed by atoms with Crippen molar-refractivity contribution < 1.29 is 18.3 Å². The van der Waals surface area contributed by atoms with E-state index in [9.17, 15) is 13.5 Å². The normalized spacial score (nSPS) is 18.1. The first-order valence-electron chi connectivity index (χ1n) is 11.8. The average molecular weight is 521 g/mol. The fourth-order valence-electron chi connectivity index (χ4n) is 4.33. The van der Waals surface area contributed by atoms with Gasteiger partial charge in [0.15, 0.2) is 4.64 Å². The van der Waals surface area contributed by atoms with Crippen molar-refractivity contribution in [3.63, 3.8) is 0 Å². The number of fused-ring (bicyclic) bond motifs is 1. The number of hydrogen-bond acceptors (Lipinski definition) is 8. The van der Waals surface area contributed by atoms with E-state index >= 15 is 0 Å². The van der Waals surface area contributed by atoms with Gasteiger partial charge in [0.25, 0.3) is 0 Å². The van der Waals surface area contributed by atoms with E-state index < -0.39 is 16.3 Å². The molecule has 0 aliphatic carbocycles. The highest BCUT2D eigenvalue weighted by Gasteiger charge is 2.30. The molecule has 0 bridgehead atoms. The Bertz CT molecular complexity index is 1370. The van der Waals surface area contributed by atoms with Gasteiger partial charge in [0.05, 0.1) is 28.3 Å². The Morgan fingerprint density at radius 2 is 2.00 bits per heavy atom. The number of aryl methyl sites for hydroxylation is 2. The highest BCUT2D eigenvalue weighted by atomic mass is 32.2. The van der Waals surface area contributed by atoms with Crippen molar-refractivity contribution in [3.05, 3.63) is 28.5 Å². The van der Waals surface area contributed by atoms with Crippen LogP contribution < -0.4 is 4.74 Å². The quantitative estimate of drug-likeness (QED) is 0.457. The number of rotatable bonds is 7. The zero-order valence-corrected chi connectivity index (χ0v) is 22.1. The van der Waals surface area contributed by atoms with E-state index in [2.05, 4.69) is 22.0 Å². The number of hydrogen-bond donors (Lipinski definition) is 2. The minimum absolute atomic E-state index is 0.135. The smallest absolute Gasteiger partial charge is 0.243 e. The molecule has 0 spiro atoms. The molecule has 2 aromatic heterocycles. The Morgan fingerprint density at radius 1 is 1.23 bits per heavy atom. The first-order chi connectivity index (χ1) is 16.7. The molecule has 3 aromatic rings. The summed E-state index contributed by atoms with van der Waals surface area (Å²) >= 11 is 5.59. The number of benzene rings is 1. The monoisotopic (exact) mass is 520 g/mol. The summed E-state index contributed by atoms with van der Waals surface area (Å²) in [5.74, 6) is 0.940. The Balaban J connectivity index is 1.83. The van der Waals surface area contributed by atoms with Crippen LogP contribution in [0.4, 0.5) is 0 Å². The Kier molecular flexibility index (Phi) is 7.57. The number of aromatic amines is 1. The average Bonchev–Trinajstić information content (AvgIpc) is 3.03. The summed E-state index contributed by atoms with van der Waals surface area (Å²) in [6.45, 7) is 5.33. The van der Waals surface area contributed by atoms with Crippen LogP contribution in [0.5, 0.6) is 5.75 Å². The molecule has 0 amide bonds. The molecule has 35 heavy (non-hydrogen) atoms. The lowest BCUT2D eigenvalue weighted by Crippen LogP contribution is -2.35. The van der Waals surface area contributed by atoms with E-state index in [4.69, 9.17) is 17.0 Å². The summed E-state index contributed by atoms with van der Waals surface area (Å²) in [6, 6.07) is 4.79. The van der Waals surface area contributed by atoms with Gasteiger partial charge in [0.2, 0.25) is 10.0 Å². The van der Waals surface area contributed by atoms with Crippen molar-refractivity contribution in [1.82, 2.24) is 29.0 Å². The molecule has 0 saturated carbocycles. The molecule has 1 aromatic carbocycles. The standard InChI is InChI=1S/C23H32N6O4S2/c1-5-7-17-20-21(28(4)26-17)23(34)25-22(24-20)16-14-15(8-9-18(16)33-6-2)35(31,32)29-11-10-19(30)27(3)12-13-29/h8-9,14,19,30H,5-7,10-13H2,1-4H3,(H,24,25,34). The fourth-order valence-corrected chi connectivity index (χ4v) is 6.13. The van der Waals surface area contributed by atoms with Crippen LogP contribution in [0.15, 0.2) is 23.1 Å². The maximum absolute atomic E-state index is 13.5. The number of ether oxygens (including phenoxy) is 1. The molecular formula is C23H32N6O4S2. The lowest BCUT2D eigenvalue weighted by atomic mass is 10.1. The first-order valence-corrected chi connectivity index (χ1v) is 13.6. The topological polar surface area (TPSA) is 117 Å². The number of aliphatic hydroxyl groups is 1. The van der Waals surface area contributed by atoms with Crippen LogP contribution >= 0.6 is 12.2 Å². The Morgan fingerprint density at radius 3 is 2.71 bits per heavy atom. The number of sulfonamides is 1. The molecule has 1 aliphatic heterocycles. The van der Waals surface area contributed by atoms with E-state index in [1.807, 2.05) is 14.0 Å². The number of nitrogens with zero attached hydrogens (tertiary/aromatic N) is 5. The molecule has 1 aliphatic rings. The van der Waals surface area contributed by atoms with Gasteiger partial charge >= 0.3 is 0 Å². The van der Waals surface area contributed by atoms with Crippen molar-refractivity contribution in [3.8, 4) is 17.1 Å². The molecule has 1 atom stereocenters. The number of aromatic nitrogens is 4. The van der Waals surface area contributed by atoms with E-state index in [1.54, 1.807) is 34.8 Å². The van der Waals surface area contributed by atoms with Crippen LogP contribution in [0.3, 0.4) is 0 Å². The Labute approximate surface area is 210 Å². The molecule has 12 heteroatoms. The van der Waals surface area contributed by atoms with E-state index in [0.717, 1.165) is 29.6 Å². The lowest BCUT2D eigenvalue weighted by molar-refractivity contribution is 0.0268. The number of likely N-dealkylation sites (N-methyl/N-ethyl adjacent to an activating group) is 1. The van der Waals surface area contributed by atoms with Crippen LogP contribution in [-0.2, 0) is 23.5 Å². The zero-order valence-electron chi connectivity index (χ0n) is 20.5. The maximum Gasteiger partial charge on any atom is 0.243 e. The minimum atomic E-state index is -3.80. The van der Waals surface area contributed by atoms with Crippen molar-refractivity contribution >= 4 is 33.3 Å². The molecule has 10 nitrogen and oxygen atoms in total. The molecular weight excluding hydrogens is 488 g/mol. The predicted octanol–water partition coefficient (Wildman–Crippen LogP) is 2.69. The highest BCUT2D eigenvalue weighted by molar-refractivity contribution is 7.89. The van der Waals surface area contributed by atoms with Crippen LogP contribution in [0, 0.1) is 4.64 Å². The lowest BCUT2D eigenvalue weighted by Gasteiger charge is -2.21. The summed E-state index contributed by atoms with van der Waals surface area (Å²) < 4.78 is 36.4. The third-order valence-electron chi connectivity index (χ3n) is 6.26. The van der Waals surface area contributed by atoms with Gasteiger partial charge in [-0.05, 0) is 38.6 Å². The second-order valence-electron chi connectivity index (χ2n) is 8.68. The second-order valence-corrected chi connectivity index (χ2v) is 11.0. The van der Waals surface area contributed by atoms with E-state index in [0.29, 0.717) is 47.9 Å². The zero-order chi connectivity index (χ0) is 25.3. The SMILES string of the molecule is CCCc1nn(C)c2c(=S)nc(-c3cc(S(=O)(=O)N4CCC(O)N(C)CC4)ccc3OCC)[nH]c12. The summed E-state index contributed by atoms with van der Waals surface area (Å²) in [7, 11) is -0.187. The minimum Gasteiger partial charge on any atom is -0.493 e. The van der Waals surface area contributed by atoms with Crippen LogP contribution in [-0.4, -0.2) is 82.0 Å². The van der Waals surface area contributed by atoms with Crippen LogP contribution in [0.1, 0.15) is 32.4 Å². The molecule has 1 fully saturated rings. The predicted molar refractivity (Wildman–Crippen MR) is 136 cm³/mol. The van der Waals surface area contributed by atoms with Crippen molar-refractivity contribution in [2.45, 2.75) is 44.2 Å². The fraction of sp³-hybridized carbons (Fsp3) is 0.522. The van der Waals surface area contributed by atoms with Gasteiger partial charge in [-0.15, -0.1) is 0 Å². The number of nitrogens with one attached hydrogen (secondary N) is 1. The van der Waals surface area contributed by atoms with E-state index in [-0.39, 0.29) is 11.4 Å². The summed E-state index contributed by atoms with van der Waals surface area (Å²) in [5.41, 5.74) is 2.93. The molecule has 4 rings (SSSR count). The van der Waals surface area contributed by atoms with Gasteiger partial charge < -0.3 is 14.8 Å². The highest BCUT2D eigenvalue weighted by Crippen LogP contribution is 2.33. The number of aliphatic hydroxyl groups excluding tert-OH is 1. The van der Waals surface area contributed by atoms with E-state index in [1.165, 1.54) is 4.31 Å². The van der Waals surface area contributed by atoms with Gasteiger partial charge in [-0.25, -0.2) is 13.4 Å². The van der Waals surface area contributed by atoms with Crippen molar-refractivity contribution in [1.29, 1.82) is 0 Å². The van der Waals surface area contributed by atoms with Crippen LogP contribution in [0.25, 0.3) is 22.4 Å². The molecule has 0 radical (unpaired) electrons. The second kappa shape index (κ2) is 10.3. The van der Waals surface area contributed by atoms with Gasteiger partial charge in [0, 0.05) is 33.1 Å². The third kappa shape index (κ3) is 4.98. The number of H-pyrrole nitrogens is 1. The maximum atomic E-state index is 13.5. The largest absolute Gasteiger partial charge is 0.493 e. The van der Waals surface area contributed by atoms with Gasteiger partial charge in [0.1, 0.15) is 23.3 Å². The summed E-state index contributed by atoms with van der Waals surface area (Å²) in [4.78, 5) is 9.82. The van der Waals surface area contributed by atoms with Crippen LogP contribution in [0.2, 0.25) is 0 Å². The first kappa shape index (κ1) is 25.7. The van der Waals surface area contributed by atoms with Crippen molar-refractivity contribution in [2.24, 2.45) is 7.05 Å². The summed E-state index contributed by atoms with van der Waals surface area (Å²) in [5, 5.41) is 14.7. The molecule has 3 heterocycles. The van der Waals surface area contributed by atoms with Gasteiger partial charge in [-0.1, -0.05) is 25.6 Å². The van der Waals surface area contributed by atoms with Crippen molar-refractivity contribution in [2.75, 3.05) is 33.3 Å². The van der Waals surface area contributed by atoms with Gasteiger partial charge in [-0.2, -0.15) is 9.40 Å². The Hall–Kier alpha value is -2.38. The summed E-state index contributed by atoms with van der Waals surface area (Å²) in [6.07, 6.45) is 1.36. The molecule has 1 saturated heterocycles. The molecule has 2 N–H and O–H groups in total. The van der Waals surface area contributed by atoms with Gasteiger partial charge in [-0.3, -0.25) is 9.58 Å².